The van der Waals surface area contributed by atoms with E-state index in [1.54, 1.807) is 0 Å². The van der Waals surface area contributed by atoms with Crippen molar-refractivity contribution in [2.24, 2.45) is 0 Å². The molecule has 0 saturated heterocycles. The highest BCUT2D eigenvalue weighted by atomic mass is 16.3. The lowest BCUT2D eigenvalue weighted by Gasteiger charge is -2.08. The van der Waals surface area contributed by atoms with E-state index >= 15 is 0 Å². The van der Waals surface area contributed by atoms with Gasteiger partial charge in [-0.25, -0.2) is 9.48 Å². The maximum absolute atomic E-state index is 12.2. The smallest absolute Gasteiger partial charge is 0.315 e. The van der Waals surface area contributed by atoms with Crippen LogP contribution in [0, 0.1) is 13.8 Å². The highest BCUT2D eigenvalue weighted by Crippen LogP contribution is 2.19. The second kappa shape index (κ2) is 7.60. The minimum absolute atomic E-state index is 0.244. The molecular formula is C22H22N4O2. The number of carbonyl (C=O) groups is 1. The van der Waals surface area contributed by atoms with Crippen LogP contribution >= 0.6 is 0 Å². The van der Waals surface area contributed by atoms with Crippen molar-refractivity contribution in [3.05, 3.63) is 83.4 Å². The van der Waals surface area contributed by atoms with Gasteiger partial charge in [-0.1, -0.05) is 36.4 Å². The quantitative estimate of drug-likeness (QED) is 0.549. The zero-order valence-electron chi connectivity index (χ0n) is 15.9. The number of nitrogens with zero attached hydrogens (tertiary/aromatic N) is 2. The Balaban J connectivity index is 1.37. The van der Waals surface area contributed by atoms with Crippen LogP contribution in [-0.4, -0.2) is 15.8 Å². The molecule has 6 nitrogen and oxygen atoms in total. The summed E-state index contributed by atoms with van der Waals surface area (Å²) in [4.78, 5) is 12.2. The van der Waals surface area contributed by atoms with Gasteiger partial charge in [-0.2, -0.15) is 5.10 Å². The number of nitrogens with one attached hydrogen (secondary N) is 2. The molecule has 142 valence electrons. The molecule has 2 amide bonds. The van der Waals surface area contributed by atoms with Crippen molar-refractivity contribution in [2.45, 2.75) is 26.9 Å². The Bertz CT molecular complexity index is 1080. The predicted molar refractivity (Wildman–Crippen MR) is 108 cm³/mol. The molecule has 0 aliphatic rings. The summed E-state index contributed by atoms with van der Waals surface area (Å²) < 4.78 is 7.62. The molecule has 0 aliphatic heterocycles. The predicted octanol–water partition coefficient (Wildman–Crippen LogP) is 4.23. The first-order valence-corrected chi connectivity index (χ1v) is 9.21. The molecule has 2 aromatic carbocycles. The highest BCUT2D eigenvalue weighted by Gasteiger charge is 2.13. The van der Waals surface area contributed by atoms with Gasteiger partial charge in [0, 0.05) is 23.2 Å². The molecule has 4 rings (SSSR count). The first-order chi connectivity index (χ1) is 13.6. The zero-order chi connectivity index (χ0) is 19.5. The van der Waals surface area contributed by atoms with E-state index in [0.717, 1.165) is 39.4 Å². The topological polar surface area (TPSA) is 72.1 Å². The van der Waals surface area contributed by atoms with Crippen molar-refractivity contribution in [2.75, 3.05) is 0 Å². The van der Waals surface area contributed by atoms with Gasteiger partial charge in [-0.05, 0) is 38.1 Å². The van der Waals surface area contributed by atoms with Crippen molar-refractivity contribution in [1.82, 2.24) is 20.4 Å². The third-order valence-corrected chi connectivity index (χ3v) is 4.77. The first kappa shape index (κ1) is 17.9. The number of fused-ring (bicyclic) bond motifs is 1. The van der Waals surface area contributed by atoms with Gasteiger partial charge in [0.05, 0.1) is 17.9 Å². The number of urea groups is 1. The molecule has 0 spiro atoms. The standard InChI is InChI=1S/C22H22N4O2/c1-15-20(16(2)26(25-15)18-9-4-3-5-10-18)14-24-22(27)23-13-19-12-17-8-6-7-11-21(17)28-19/h3-12H,13-14H2,1-2H3,(H2,23,24,27). The van der Waals surface area contributed by atoms with Crippen molar-refractivity contribution in [3.63, 3.8) is 0 Å². The zero-order valence-corrected chi connectivity index (χ0v) is 15.9. The fraction of sp³-hybridized carbons (Fsp3) is 0.182. The minimum atomic E-state index is -0.244. The van der Waals surface area contributed by atoms with Gasteiger partial charge in [-0.15, -0.1) is 0 Å². The summed E-state index contributed by atoms with van der Waals surface area (Å²) in [6.07, 6.45) is 0. The van der Waals surface area contributed by atoms with Crippen molar-refractivity contribution >= 4 is 17.0 Å². The molecule has 0 aliphatic carbocycles. The van der Waals surface area contributed by atoms with Crippen LogP contribution < -0.4 is 10.6 Å². The van der Waals surface area contributed by atoms with E-state index < -0.39 is 0 Å². The first-order valence-electron chi connectivity index (χ1n) is 9.21. The molecular weight excluding hydrogens is 352 g/mol. The van der Waals surface area contributed by atoms with E-state index in [0.29, 0.717) is 13.1 Å². The highest BCUT2D eigenvalue weighted by molar-refractivity contribution is 5.78. The molecule has 0 unspecified atom stereocenters. The van der Waals surface area contributed by atoms with Crippen molar-refractivity contribution in [1.29, 1.82) is 0 Å². The molecule has 6 heteroatoms. The van der Waals surface area contributed by atoms with Crippen LogP contribution in [0.25, 0.3) is 16.7 Å². The fourth-order valence-electron chi connectivity index (χ4n) is 3.27. The van der Waals surface area contributed by atoms with Crippen LogP contribution in [-0.2, 0) is 13.1 Å². The van der Waals surface area contributed by atoms with Gasteiger partial charge in [0.15, 0.2) is 0 Å². The van der Waals surface area contributed by atoms with Crippen LogP contribution in [0.1, 0.15) is 22.7 Å². The molecule has 4 aromatic rings. The summed E-state index contributed by atoms with van der Waals surface area (Å²) in [5, 5.41) is 11.4. The number of para-hydroxylation sites is 2. The lowest BCUT2D eigenvalue weighted by molar-refractivity contribution is 0.239. The second-order valence-corrected chi connectivity index (χ2v) is 6.68. The van der Waals surface area contributed by atoms with E-state index in [2.05, 4.69) is 15.7 Å². The largest absolute Gasteiger partial charge is 0.459 e. The van der Waals surface area contributed by atoms with Crippen LogP contribution in [0.15, 0.2) is 65.1 Å². The molecule has 0 fully saturated rings. The number of benzene rings is 2. The summed E-state index contributed by atoms with van der Waals surface area (Å²) in [5.74, 6) is 0.723. The number of furan rings is 1. The SMILES string of the molecule is Cc1nn(-c2ccccc2)c(C)c1CNC(=O)NCc1cc2ccccc2o1. The average Bonchev–Trinajstić information content (AvgIpc) is 3.26. The lowest BCUT2D eigenvalue weighted by Crippen LogP contribution is -2.34. The third kappa shape index (κ3) is 3.62. The summed E-state index contributed by atoms with van der Waals surface area (Å²) in [7, 11) is 0. The van der Waals surface area contributed by atoms with E-state index in [1.165, 1.54) is 0 Å². The summed E-state index contributed by atoms with van der Waals surface area (Å²) in [5.41, 5.74) is 4.76. The Kier molecular flexibility index (Phi) is 4.85. The molecule has 0 bridgehead atoms. The van der Waals surface area contributed by atoms with Crippen molar-refractivity contribution < 1.29 is 9.21 Å². The Labute approximate surface area is 163 Å². The molecule has 2 N–H and O–H groups in total. The number of aromatic nitrogens is 2. The number of rotatable bonds is 5. The third-order valence-electron chi connectivity index (χ3n) is 4.77. The van der Waals surface area contributed by atoms with Gasteiger partial charge in [0.25, 0.3) is 0 Å². The van der Waals surface area contributed by atoms with E-state index in [1.807, 2.05) is 79.2 Å². The average molecular weight is 374 g/mol. The maximum Gasteiger partial charge on any atom is 0.315 e. The Morgan fingerprint density at radius 1 is 1.00 bits per heavy atom. The van der Waals surface area contributed by atoms with Crippen molar-refractivity contribution in [3.8, 4) is 5.69 Å². The Hall–Kier alpha value is -3.54. The molecule has 0 saturated carbocycles. The van der Waals surface area contributed by atoms with Gasteiger partial charge in [0.2, 0.25) is 0 Å². The summed E-state index contributed by atoms with van der Waals surface area (Å²) >= 11 is 0. The fourth-order valence-corrected chi connectivity index (χ4v) is 3.27. The molecule has 0 atom stereocenters. The van der Waals surface area contributed by atoms with Gasteiger partial charge < -0.3 is 15.1 Å². The molecule has 2 aromatic heterocycles. The van der Waals surface area contributed by atoms with Gasteiger partial charge in [0.1, 0.15) is 11.3 Å². The van der Waals surface area contributed by atoms with Crippen LogP contribution in [0.5, 0.6) is 0 Å². The van der Waals surface area contributed by atoms with Gasteiger partial charge >= 0.3 is 6.03 Å². The maximum atomic E-state index is 12.2. The Morgan fingerprint density at radius 2 is 1.71 bits per heavy atom. The number of aryl methyl sites for hydroxylation is 1. The van der Waals surface area contributed by atoms with E-state index in [4.69, 9.17) is 4.42 Å². The molecule has 2 heterocycles. The number of amides is 2. The van der Waals surface area contributed by atoms with Crippen LogP contribution in [0.3, 0.4) is 0 Å². The van der Waals surface area contributed by atoms with Gasteiger partial charge in [-0.3, -0.25) is 0 Å². The van der Waals surface area contributed by atoms with E-state index in [9.17, 15) is 4.79 Å². The monoisotopic (exact) mass is 374 g/mol. The molecule has 28 heavy (non-hydrogen) atoms. The summed E-state index contributed by atoms with van der Waals surface area (Å²) in [6.45, 7) is 4.71. The number of hydrogen-bond donors (Lipinski definition) is 2. The number of hydrogen-bond acceptors (Lipinski definition) is 3. The minimum Gasteiger partial charge on any atom is -0.459 e. The molecule has 0 radical (unpaired) electrons. The summed E-state index contributed by atoms with van der Waals surface area (Å²) in [6, 6.07) is 19.4. The lowest BCUT2D eigenvalue weighted by atomic mass is 10.2. The van der Waals surface area contributed by atoms with E-state index in [-0.39, 0.29) is 6.03 Å². The van der Waals surface area contributed by atoms with Crippen LogP contribution in [0.2, 0.25) is 0 Å². The normalized spacial score (nSPS) is 10.9. The van der Waals surface area contributed by atoms with Crippen LogP contribution in [0.4, 0.5) is 4.79 Å². The number of carbonyl (C=O) groups excluding carboxylic acids is 1. The Morgan fingerprint density at radius 3 is 2.50 bits per heavy atom. The second-order valence-electron chi connectivity index (χ2n) is 6.68.